The molecule has 0 radical (unpaired) electrons. The zero-order valence-electron chi connectivity index (χ0n) is 16.4. The number of rotatable bonds is 7. The molecule has 5 nitrogen and oxygen atoms in total. The number of halogens is 1. The second kappa shape index (κ2) is 10.2. The highest BCUT2D eigenvalue weighted by atomic mass is 35.5. The normalized spacial score (nSPS) is 15.7. The smallest absolute Gasteiger partial charge is 0.255 e. The van der Waals surface area contributed by atoms with E-state index in [1.54, 1.807) is 0 Å². The van der Waals surface area contributed by atoms with Crippen LogP contribution in [-0.2, 0) is 6.54 Å². The maximum absolute atomic E-state index is 12.9. The molecule has 1 fully saturated rings. The van der Waals surface area contributed by atoms with E-state index in [1.165, 1.54) is 6.42 Å². The molecule has 1 aromatic heterocycles. The molecule has 0 aliphatic carbocycles. The van der Waals surface area contributed by atoms with E-state index in [-0.39, 0.29) is 18.3 Å². The Morgan fingerprint density at radius 2 is 1.83 bits per heavy atom. The Bertz CT molecular complexity index is 905. The van der Waals surface area contributed by atoms with Gasteiger partial charge in [0.2, 0.25) is 0 Å². The molecule has 2 N–H and O–H groups in total. The number of hydrogen-bond acceptors (Lipinski definition) is 3. The summed E-state index contributed by atoms with van der Waals surface area (Å²) in [4.78, 5) is 12.9. The molecule has 0 bridgehead atoms. The standard InChI is InChI=1S/C23H26N4O.ClH/c28-23(25-14-12-18-11-13-24-15-18)21-17-27(16-19-7-3-1-4-8-19)26-22(21)20-9-5-2-6-10-20;/h1-10,17-18,24H,11-16H2,(H,25,28);1H. The predicted octanol–water partition coefficient (Wildman–Crippen LogP) is 3.75. The van der Waals surface area contributed by atoms with Gasteiger partial charge < -0.3 is 10.6 Å². The van der Waals surface area contributed by atoms with Gasteiger partial charge in [0.25, 0.3) is 5.91 Å². The quantitative estimate of drug-likeness (QED) is 0.623. The van der Waals surface area contributed by atoms with Crippen molar-refractivity contribution in [3.05, 3.63) is 78.0 Å². The van der Waals surface area contributed by atoms with E-state index >= 15 is 0 Å². The van der Waals surface area contributed by atoms with Gasteiger partial charge in [-0.25, -0.2) is 0 Å². The van der Waals surface area contributed by atoms with Crippen molar-refractivity contribution < 1.29 is 4.79 Å². The summed E-state index contributed by atoms with van der Waals surface area (Å²) in [6.45, 7) is 3.48. The number of hydrogen-bond donors (Lipinski definition) is 2. The molecule has 2 aromatic carbocycles. The second-order valence-electron chi connectivity index (χ2n) is 7.34. The highest BCUT2D eigenvalue weighted by Crippen LogP contribution is 2.22. The summed E-state index contributed by atoms with van der Waals surface area (Å²) < 4.78 is 1.85. The van der Waals surface area contributed by atoms with Crippen LogP contribution in [0.25, 0.3) is 11.3 Å². The average Bonchev–Trinajstić information content (AvgIpc) is 3.39. The van der Waals surface area contributed by atoms with E-state index < -0.39 is 0 Å². The third-order valence-corrected chi connectivity index (χ3v) is 5.24. The lowest BCUT2D eigenvalue weighted by Crippen LogP contribution is -2.26. The number of amides is 1. The Labute approximate surface area is 177 Å². The summed E-state index contributed by atoms with van der Waals surface area (Å²) in [5.74, 6) is 0.610. The van der Waals surface area contributed by atoms with Crippen molar-refractivity contribution in [1.29, 1.82) is 0 Å². The maximum atomic E-state index is 12.9. The van der Waals surface area contributed by atoms with Gasteiger partial charge >= 0.3 is 0 Å². The van der Waals surface area contributed by atoms with Crippen molar-refractivity contribution in [1.82, 2.24) is 20.4 Å². The van der Waals surface area contributed by atoms with E-state index in [0.29, 0.717) is 24.6 Å². The fourth-order valence-electron chi connectivity index (χ4n) is 3.69. The fourth-order valence-corrected chi connectivity index (χ4v) is 3.69. The average molecular weight is 411 g/mol. The van der Waals surface area contributed by atoms with Crippen LogP contribution in [0.3, 0.4) is 0 Å². The van der Waals surface area contributed by atoms with Crippen LogP contribution in [0.2, 0.25) is 0 Å². The number of nitrogens with zero attached hydrogens (tertiary/aromatic N) is 2. The molecule has 1 aliphatic heterocycles. The molecule has 6 heteroatoms. The van der Waals surface area contributed by atoms with Crippen molar-refractivity contribution in [3.63, 3.8) is 0 Å². The number of nitrogens with one attached hydrogen (secondary N) is 2. The summed E-state index contributed by atoms with van der Waals surface area (Å²) in [5, 5.41) is 11.2. The van der Waals surface area contributed by atoms with Crippen molar-refractivity contribution >= 4 is 18.3 Å². The maximum Gasteiger partial charge on any atom is 0.255 e. The van der Waals surface area contributed by atoms with Crippen molar-refractivity contribution in [2.75, 3.05) is 19.6 Å². The van der Waals surface area contributed by atoms with Crippen LogP contribution in [0.15, 0.2) is 66.9 Å². The molecule has 1 unspecified atom stereocenters. The Kier molecular flexibility index (Phi) is 7.44. The molecule has 1 saturated heterocycles. The van der Waals surface area contributed by atoms with Gasteiger partial charge in [0.05, 0.1) is 12.1 Å². The van der Waals surface area contributed by atoms with Crippen LogP contribution >= 0.6 is 12.4 Å². The first-order valence-electron chi connectivity index (χ1n) is 9.95. The van der Waals surface area contributed by atoms with Gasteiger partial charge in [-0.15, -0.1) is 12.4 Å². The van der Waals surface area contributed by atoms with E-state index in [0.717, 1.165) is 36.3 Å². The SMILES string of the molecule is Cl.O=C(NCCC1CCNC1)c1cn(Cc2ccccc2)nc1-c1ccccc1. The minimum absolute atomic E-state index is 0. The van der Waals surface area contributed by atoms with Crippen LogP contribution in [0, 0.1) is 5.92 Å². The molecule has 2 heterocycles. The van der Waals surface area contributed by atoms with E-state index in [4.69, 9.17) is 5.10 Å². The molecule has 4 rings (SSSR count). The summed E-state index contributed by atoms with van der Waals surface area (Å²) >= 11 is 0. The molecular weight excluding hydrogens is 384 g/mol. The molecule has 152 valence electrons. The van der Waals surface area contributed by atoms with Crippen LogP contribution in [-0.4, -0.2) is 35.3 Å². The zero-order valence-corrected chi connectivity index (χ0v) is 17.2. The largest absolute Gasteiger partial charge is 0.352 e. The summed E-state index contributed by atoms with van der Waals surface area (Å²) in [6.07, 6.45) is 4.07. The minimum Gasteiger partial charge on any atom is -0.352 e. The first-order chi connectivity index (χ1) is 13.8. The third kappa shape index (κ3) is 5.46. The Hall–Kier alpha value is -2.63. The minimum atomic E-state index is -0.0517. The zero-order chi connectivity index (χ0) is 19.2. The number of benzene rings is 2. The van der Waals surface area contributed by atoms with Crippen LogP contribution in [0.4, 0.5) is 0 Å². The molecule has 1 aliphatic rings. The molecule has 1 atom stereocenters. The molecule has 1 amide bonds. The van der Waals surface area contributed by atoms with Gasteiger partial charge in [-0.05, 0) is 37.4 Å². The fraction of sp³-hybridized carbons (Fsp3) is 0.304. The first kappa shape index (κ1) is 21.1. The van der Waals surface area contributed by atoms with Crippen LogP contribution in [0.1, 0.15) is 28.8 Å². The molecule has 29 heavy (non-hydrogen) atoms. The Morgan fingerprint density at radius 1 is 1.10 bits per heavy atom. The Balaban J connectivity index is 0.00000240. The Morgan fingerprint density at radius 3 is 2.52 bits per heavy atom. The highest BCUT2D eigenvalue weighted by molar-refractivity contribution is 5.99. The number of carbonyl (C=O) groups is 1. The monoisotopic (exact) mass is 410 g/mol. The first-order valence-corrected chi connectivity index (χ1v) is 9.95. The lowest BCUT2D eigenvalue weighted by molar-refractivity contribution is 0.0952. The van der Waals surface area contributed by atoms with Crippen LogP contribution in [0.5, 0.6) is 0 Å². The molecule has 3 aromatic rings. The number of aromatic nitrogens is 2. The lowest BCUT2D eigenvalue weighted by Gasteiger charge is -2.09. The molecule has 0 spiro atoms. The third-order valence-electron chi connectivity index (χ3n) is 5.24. The van der Waals surface area contributed by atoms with Gasteiger partial charge in [-0.3, -0.25) is 9.48 Å². The van der Waals surface area contributed by atoms with Crippen molar-refractivity contribution in [2.24, 2.45) is 5.92 Å². The summed E-state index contributed by atoms with van der Waals surface area (Å²) in [5.41, 5.74) is 3.48. The van der Waals surface area contributed by atoms with E-state index in [9.17, 15) is 4.79 Å². The summed E-state index contributed by atoms with van der Waals surface area (Å²) in [6, 6.07) is 20.1. The number of carbonyl (C=O) groups excluding carboxylic acids is 1. The highest BCUT2D eigenvalue weighted by Gasteiger charge is 2.19. The van der Waals surface area contributed by atoms with Crippen molar-refractivity contribution in [2.45, 2.75) is 19.4 Å². The molecule has 0 saturated carbocycles. The second-order valence-corrected chi connectivity index (χ2v) is 7.34. The van der Waals surface area contributed by atoms with Gasteiger partial charge in [-0.2, -0.15) is 5.10 Å². The van der Waals surface area contributed by atoms with E-state index in [2.05, 4.69) is 22.8 Å². The molecular formula is C23H27ClN4O. The summed E-state index contributed by atoms with van der Waals surface area (Å²) in [7, 11) is 0. The topological polar surface area (TPSA) is 59.0 Å². The van der Waals surface area contributed by atoms with Gasteiger partial charge in [0.15, 0.2) is 0 Å². The van der Waals surface area contributed by atoms with Crippen molar-refractivity contribution in [3.8, 4) is 11.3 Å². The van der Waals surface area contributed by atoms with Gasteiger partial charge in [0, 0.05) is 18.3 Å². The van der Waals surface area contributed by atoms with E-state index in [1.807, 2.05) is 59.4 Å². The van der Waals surface area contributed by atoms with Gasteiger partial charge in [-0.1, -0.05) is 60.7 Å². The van der Waals surface area contributed by atoms with Crippen LogP contribution < -0.4 is 10.6 Å². The predicted molar refractivity (Wildman–Crippen MR) is 118 cm³/mol. The lowest BCUT2D eigenvalue weighted by atomic mass is 10.0. The van der Waals surface area contributed by atoms with Gasteiger partial charge in [0.1, 0.15) is 5.69 Å².